The number of halogens is 1. The van der Waals surface area contributed by atoms with E-state index in [2.05, 4.69) is 15.5 Å². The van der Waals surface area contributed by atoms with Gasteiger partial charge in [-0.1, -0.05) is 64.5 Å². The van der Waals surface area contributed by atoms with Gasteiger partial charge in [0.05, 0.1) is 0 Å². The van der Waals surface area contributed by atoms with Gasteiger partial charge in [0, 0.05) is 10.8 Å². The Labute approximate surface area is 164 Å². The predicted molar refractivity (Wildman–Crippen MR) is 106 cm³/mol. The summed E-state index contributed by atoms with van der Waals surface area (Å²) in [5.74, 6) is 1.15. The number of carbonyl (C=O) groups excluding carboxylic acids is 1. The molecule has 134 valence electrons. The van der Waals surface area contributed by atoms with Crippen LogP contribution in [0.5, 0.6) is 5.75 Å². The van der Waals surface area contributed by atoms with E-state index in [-0.39, 0.29) is 12.5 Å². The summed E-state index contributed by atoms with van der Waals surface area (Å²) in [5, 5.41) is 11.9. The second-order valence-corrected chi connectivity index (χ2v) is 8.07. The smallest absolute Gasteiger partial charge is 0.264 e. The topological polar surface area (TPSA) is 64.1 Å². The molecule has 0 unspecified atom stereocenters. The predicted octanol–water partition coefficient (Wildman–Crippen LogP) is 4.81. The van der Waals surface area contributed by atoms with Gasteiger partial charge in [-0.25, -0.2) is 0 Å². The zero-order chi connectivity index (χ0) is 18.4. The molecule has 0 bridgehead atoms. The molecule has 1 heterocycles. The molecule has 0 spiro atoms. The van der Waals surface area contributed by atoms with Gasteiger partial charge >= 0.3 is 0 Å². The van der Waals surface area contributed by atoms with E-state index in [0.29, 0.717) is 15.9 Å². The molecule has 2 aromatic carbocycles. The van der Waals surface area contributed by atoms with E-state index in [0.717, 1.165) is 21.2 Å². The molecule has 3 aromatic rings. The lowest BCUT2D eigenvalue weighted by atomic mass is 10.2. The minimum atomic E-state index is -0.268. The van der Waals surface area contributed by atoms with Crippen molar-refractivity contribution in [3.63, 3.8) is 0 Å². The first-order chi connectivity index (χ1) is 12.6. The Kier molecular flexibility index (Phi) is 6.49. The molecule has 0 aliphatic carbocycles. The first-order valence-corrected chi connectivity index (χ1v) is 9.96. The first-order valence-electron chi connectivity index (χ1n) is 7.78. The van der Waals surface area contributed by atoms with E-state index < -0.39 is 0 Å². The summed E-state index contributed by atoms with van der Waals surface area (Å²) in [5.41, 5.74) is 2.28. The van der Waals surface area contributed by atoms with Crippen LogP contribution in [0, 0.1) is 6.92 Å². The monoisotopic (exact) mass is 405 g/mol. The summed E-state index contributed by atoms with van der Waals surface area (Å²) < 4.78 is 6.23. The quantitative estimate of drug-likeness (QED) is 0.451. The van der Waals surface area contributed by atoms with E-state index in [9.17, 15) is 4.79 Å². The molecule has 1 N–H and O–H groups in total. The molecule has 0 radical (unpaired) electrons. The van der Waals surface area contributed by atoms with Gasteiger partial charge in [0.1, 0.15) is 5.75 Å². The standard InChI is InChI=1S/C18H16ClN3O2S2/c1-12-2-8-15(9-3-12)24-10-16(23)20-17-21-22-18(26-17)25-11-13-4-6-14(19)7-5-13/h2-9H,10-11H2,1H3,(H,20,21,23). The van der Waals surface area contributed by atoms with Crippen LogP contribution < -0.4 is 10.1 Å². The third-order valence-corrected chi connectivity index (χ3v) is 5.61. The van der Waals surface area contributed by atoms with E-state index in [4.69, 9.17) is 16.3 Å². The number of aryl methyl sites for hydroxylation is 1. The van der Waals surface area contributed by atoms with Crippen LogP contribution in [-0.2, 0) is 10.5 Å². The number of hydrogen-bond donors (Lipinski definition) is 1. The van der Waals surface area contributed by atoms with Crippen molar-refractivity contribution in [1.82, 2.24) is 10.2 Å². The Bertz CT molecular complexity index is 867. The largest absolute Gasteiger partial charge is 0.484 e. The van der Waals surface area contributed by atoms with Crippen molar-refractivity contribution in [3.05, 3.63) is 64.7 Å². The van der Waals surface area contributed by atoms with Crippen LogP contribution >= 0.6 is 34.7 Å². The second kappa shape index (κ2) is 9.02. The lowest BCUT2D eigenvalue weighted by molar-refractivity contribution is -0.118. The highest BCUT2D eigenvalue weighted by atomic mass is 35.5. The number of anilines is 1. The van der Waals surface area contributed by atoms with Gasteiger partial charge in [-0.3, -0.25) is 10.1 Å². The summed E-state index contributed by atoms with van der Waals surface area (Å²) in [7, 11) is 0. The zero-order valence-corrected chi connectivity index (χ0v) is 16.3. The van der Waals surface area contributed by atoms with Crippen molar-refractivity contribution in [2.24, 2.45) is 0 Å². The van der Waals surface area contributed by atoms with Gasteiger partial charge < -0.3 is 4.74 Å². The summed E-state index contributed by atoms with van der Waals surface area (Å²) in [6, 6.07) is 15.2. The molecule has 0 aliphatic rings. The highest BCUT2D eigenvalue weighted by Crippen LogP contribution is 2.28. The van der Waals surface area contributed by atoms with Crippen LogP contribution in [0.15, 0.2) is 52.9 Å². The van der Waals surface area contributed by atoms with Crippen molar-refractivity contribution in [2.75, 3.05) is 11.9 Å². The van der Waals surface area contributed by atoms with Crippen LogP contribution in [-0.4, -0.2) is 22.7 Å². The molecule has 1 aromatic heterocycles. The SMILES string of the molecule is Cc1ccc(OCC(=O)Nc2nnc(SCc3ccc(Cl)cc3)s2)cc1. The number of carbonyl (C=O) groups is 1. The number of amides is 1. The van der Waals surface area contributed by atoms with E-state index >= 15 is 0 Å². The average molecular weight is 406 g/mol. The Hall–Kier alpha value is -2.09. The minimum Gasteiger partial charge on any atom is -0.484 e. The highest BCUT2D eigenvalue weighted by molar-refractivity contribution is 8.00. The molecule has 0 saturated carbocycles. The summed E-state index contributed by atoms with van der Waals surface area (Å²) in [6.07, 6.45) is 0. The fourth-order valence-corrected chi connectivity index (χ4v) is 3.83. The maximum atomic E-state index is 12.0. The van der Waals surface area contributed by atoms with Crippen molar-refractivity contribution in [3.8, 4) is 5.75 Å². The maximum Gasteiger partial charge on any atom is 0.264 e. The van der Waals surface area contributed by atoms with Crippen LogP contribution in [0.3, 0.4) is 0 Å². The number of aromatic nitrogens is 2. The summed E-state index contributed by atoms with van der Waals surface area (Å²) in [4.78, 5) is 12.0. The van der Waals surface area contributed by atoms with Crippen LogP contribution in [0.25, 0.3) is 0 Å². The van der Waals surface area contributed by atoms with Gasteiger partial charge in [0.15, 0.2) is 10.9 Å². The van der Waals surface area contributed by atoms with E-state index in [1.807, 2.05) is 55.5 Å². The molecule has 5 nitrogen and oxygen atoms in total. The van der Waals surface area contributed by atoms with Gasteiger partial charge in [-0.15, -0.1) is 10.2 Å². The molecule has 8 heteroatoms. The molecule has 0 atom stereocenters. The summed E-state index contributed by atoms with van der Waals surface area (Å²) >= 11 is 8.77. The second-order valence-electron chi connectivity index (χ2n) is 5.44. The minimum absolute atomic E-state index is 0.0735. The number of hydrogen-bond acceptors (Lipinski definition) is 6. The summed E-state index contributed by atoms with van der Waals surface area (Å²) in [6.45, 7) is 1.92. The van der Waals surface area contributed by atoms with Crippen molar-refractivity contribution in [1.29, 1.82) is 0 Å². The van der Waals surface area contributed by atoms with Gasteiger partial charge in [-0.05, 0) is 36.8 Å². The zero-order valence-electron chi connectivity index (χ0n) is 13.9. The van der Waals surface area contributed by atoms with E-state index in [1.54, 1.807) is 11.8 Å². The number of rotatable bonds is 7. The van der Waals surface area contributed by atoms with Gasteiger partial charge in [0.2, 0.25) is 5.13 Å². The van der Waals surface area contributed by atoms with Crippen LogP contribution in [0.4, 0.5) is 5.13 Å². The molecule has 0 fully saturated rings. The highest BCUT2D eigenvalue weighted by Gasteiger charge is 2.09. The van der Waals surface area contributed by atoms with E-state index in [1.165, 1.54) is 11.3 Å². The lowest BCUT2D eigenvalue weighted by Crippen LogP contribution is -2.20. The third-order valence-electron chi connectivity index (χ3n) is 3.32. The Morgan fingerprint density at radius 1 is 1.15 bits per heavy atom. The molecule has 1 amide bonds. The molecular weight excluding hydrogens is 390 g/mol. The Morgan fingerprint density at radius 2 is 1.88 bits per heavy atom. The molecule has 0 saturated heterocycles. The normalized spacial score (nSPS) is 10.5. The number of benzene rings is 2. The third kappa shape index (κ3) is 5.72. The fourth-order valence-electron chi connectivity index (χ4n) is 1.98. The first kappa shape index (κ1) is 18.7. The maximum absolute atomic E-state index is 12.0. The number of nitrogens with one attached hydrogen (secondary N) is 1. The van der Waals surface area contributed by atoms with Crippen molar-refractivity contribution >= 4 is 45.7 Å². The van der Waals surface area contributed by atoms with Crippen LogP contribution in [0.2, 0.25) is 5.02 Å². The Balaban J connectivity index is 1.45. The average Bonchev–Trinajstić information content (AvgIpc) is 3.08. The van der Waals surface area contributed by atoms with Crippen molar-refractivity contribution < 1.29 is 9.53 Å². The lowest BCUT2D eigenvalue weighted by Gasteiger charge is -2.05. The molecule has 3 rings (SSSR count). The Morgan fingerprint density at radius 3 is 2.62 bits per heavy atom. The van der Waals surface area contributed by atoms with Crippen LogP contribution in [0.1, 0.15) is 11.1 Å². The van der Waals surface area contributed by atoms with Crippen molar-refractivity contribution in [2.45, 2.75) is 17.0 Å². The van der Waals surface area contributed by atoms with Gasteiger partial charge in [0.25, 0.3) is 5.91 Å². The fraction of sp³-hybridized carbons (Fsp3) is 0.167. The number of nitrogens with zero attached hydrogens (tertiary/aromatic N) is 2. The van der Waals surface area contributed by atoms with Gasteiger partial charge in [-0.2, -0.15) is 0 Å². The number of ether oxygens (including phenoxy) is 1. The molecule has 0 aliphatic heterocycles. The molecule has 26 heavy (non-hydrogen) atoms. The molecular formula is C18H16ClN3O2S2. The number of thioether (sulfide) groups is 1.